The van der Waals surface area contributed by atoms with Gasteiger partial charge in [-0.15, -0.1) is 11.3 Å². The Balaban J connectivity index is 1.90. The first-order valence-electron chi connectivity index (χ1n) is 7.27. The fourth-order valence-corrected chi connectivity index (χ4v) is 3.17. The van der Waals surface area contributed by atoms with Gasteiger partial charge in [0.2, 0.25) is 0 Å². The fourth-order valence-electron chi connectivity index (χ4n) is 2.21. The smallest absolute Gasteiger partial charge is 0.261 e. The minimum atomic E-state index is -0.0381. The number of nitrogens with one attached hydrogen (secondary N) is 1. The van der Waals surface area contributed by atoms with Gasteiger partial charge in [-0.25, -0.2) is 0 Å². The molecule has 5 heteroatoms. The molecule has 1 amide bonds. The zero-order chi connectivity index (χ0) is 15.1. The number of ether oxygens (including phenoxy) is 1. The Kier molecular flexibility index (Phi) is 6.24. The van der Waals surface area contributed by atoms with Crippen LogP contribution in [0.3, 0.4) is 0 Å². The van der Waals surface area contributed by atoms with Gasteiger partial charge in [0.15, 0.2) is 0 Å². The highest BCUT2D eigenvalue weighted by atomic mass is 32.1. The van der Waals surface area contributed by atoms with Crippen molar-refractivity contribution in [2.45, 2.75) is 26.2 Å². The molecule has 1 aliphatic rings. The maximum atomic E-state index is 12.2. The molecule has 0 aromatic carbocycles. The molecular weight excluding hydrogens is 286 g/mol. The molecule has 2 N–H and O–H groups in total. The lowest BCUT2D eigenvalue weighted by Crippen LogP contribution is -2.32. The third kappa shape index (κ3) is 4.85. The molecule has 2 heterocycles. The predicted molar refractivity (Wildman–Crippen MR) is 83.5 cm³/mol. The highest BCUT2D eigenvalue weighted by Gasteiger charge is 2.16. The van der Waals surface area contributed by atoms with Gasteiger partial charge in [0.05, 0.1) is 23.0 Å². The molecule has 21 heavy (non-hydrogen) atoms. The lowest BCUT2D eigenvalue weighted by atomic mass is 10.0. The van der Waals surface area contributed by atoms with Gasteiger partial charge in [-0.1, -0.05) is 11.8 Å². The average Bonchev–Trinajstić information content (AvgIpc) is 2.87. The Hall–Kier alpha value is -1.35. The van der Waals surface area contributed by atoms with E-state index in [0.717, 1.165) is 36.5 Å². The summed E-state index contributed by atoms with van der Waals surface area (Å²) in [6.45, 7) is 4.26. The van der Waals surface area contributed by atoms with Crippen LogP contribution in [-0.4, -0.2) is 37.4 Å². The summed E-state index contributed by atoms with van der Waals surface area (Å²) in [6.07, 6.45) is 2.64. The predicted octanol–water partition coefficient (Wildman–Crippen LogP) is 1.95. The van der Waals surface area contributed by atoms with Gasteiger partial charge in [-0.2, -0.15) is 0 Å². The Morgan fingerprint density at radius 2 is 2.48 bits per heavy atom. The molecule has 0 spiro atoms. The minimum Gasteiger partial charge on any atom is -0.395 e. The van der Waals surface area contributed by atoms with E-state index >= 15 is 0 Å². The Bertz CT molecular complexity index is 535. The number of carbonyl (C=O) groups is 1. The summed E-state index contributed by atoms with van der Waals surface area (Å²) in [4.78, 5) is 13.7. The molecule has 1 aromatic heterocycles. The summed E-state index contributed by atoms with van der Waals surface area (Å²) in [6, 6.07) is 1.88. The molecule has 0 bridgehead atoms. The first kappa shape index (κ1) is 16.0. The standard InChI is InChI=1S/C16H21NO3S/c1-12-9-15(21-14(12)6-2-3-7-18)16(19)17-10-13-5-4-8-20-11-13/h9,13,18H,3-5,7-8,10-11H2,1H3,(H,17,19). The summed E-state index contributed by atoms with van der Waals surface area (Å²) in [5, 5.41) is 11.7. The third-order valence-electron chi connectivity index (χ3n) is 3.39. The van der Waals surface area contributed by atoms with Crippen molar-refractivity contribution in [1.29, 1.82) is 0 Å². The SMILES string of the molecule is Cc1cc(C(=O)NCC2CCCOC2)sc1C#CCCO. The number of hydrogen-bond acceptors (Lipinski definition) is 4. The van der Waals surface area contributed by atoms with Crippen LogP contribution < -0.4 is 5.32 Å². The van der Waals surface area contributed by atoms with Gasteiger partial charge < -0.3 is 15.2 Å². The molecule has 114 valence electrons. The minimum absolute atomic E-state index is 0.0381. The van der Waals surface area contributed by atoms with E-state index in [0.29, 0.717) is 23.8 Å². The van der Waals surface area contributed by atoms with E-state index in [-0.39, 0.29) is 12.5 Å². The summed E-state index contributed by atoms with van der Waals surface area (Å²) in [5.74, 6) is 6.28. The molecule has 1 atom stereocenters. The molecular formula is C16H21NO3S. The van der Waals surface area contributed by atoms with Crippen LogP contribution in [-0.2, 0) is 4.74 Å². The number of thiophene rings is 1. The maximum absolute atomic E-state index is 12.2. The van der Waals surface area contributed by atoms with E-state index in [9.17, 15) is 4.79 Å². The second-order valence-corrected chi connectivity index (χ2v) is 6.24. The van der Waals surface area contributed by atoms with Crippen molar-refractivity contribution >= 4 is 17.2 Å². The summed E-state index contributed by atoms with van der Waals surface area (Å²) in [5.41, 5.74) is 1.01. The number of aliphatic hydroxyl groups is 1. The summed E-state index contributed by atoms with van der Waals surface area (Å²) in [7, 11) is 0. The molecule has 2 rings (SSSR count). The quantitative estimate of drug-likeness (QED) is 0.836. The number of carbonyl (C=O) groups excluding carboxylic acids is 1. The number of rotatable bonds is 4. The van der Waals surface area contributed by atoms with Crippen LogP contribution in [0.25, 0.3) is 0 Å². The van der Waals surface area contributed by atoms with Gasteiger partial charge in [-0.3, -0.25) is 4.79 Å². The van der Waals surface area contributed by atoms with Crippen LogP contribution in [0.4, 0.5) is 0 Å². The van der Waals surface area contributed by atoms with Gasteiger partial charge >= 0.3 is 0 Å². The summed E-state index contributed by atoms with van der Waals surface area (Å²) < 4.78 is 5.41. The second kappa shape index (κ2) is 8.18. The zero-order valence-electron chi connectivity index (χ0n) is 12.3. The molecule has 1 fully saturated rings. The number of aryl methyl sites for hydroxylation is 1. The van der Waals surface area contributed by atoms with E-state index in [1.807, 2.05) is 13.0 Å². The first-order valence-corrected chi connectivity index (χ1v) is 8.08. The molecule has 1 aromatic rings. The highest BCUT2D eigenvalue weighted by molar-refractivity contribution is 7.14. The largest absolute Gasteiger partial charge is 0.395 e. The van der Waals surface area contributed by atoms with Crippen molar-refractivity contribution in [3.05, 3.63) is 21.4 Å². The van der Waals surface area contributed by atoms with Crippen LogP contribution >= 0.6 is 11.3 Å². The van der Waals surface area contributed by atoms with E-state index in [1.54, 1.807) is 0 Å². The maximum Gasteiger partial charge on any atom is 0.261 e. The van der Waals surface area contributed by atoms with Crippen molar-refractivity contribution in [3.63, 3.8) is 0 Å². The Labute approximate surface area is 129 Å². The van der Waals surface area contributed by atoms with Crippen LogP contribution in [0, 0.1) is 24.7 Å². The lowest BCUT2D eigenvalue weighted by Gasteiger charge is -2.21. The number of amides is 1. The Morgan fingerprint density at radius 1 is 1.62 bits per heavy atom. The first-order chi connectivity index (χ1) is 10.2. The van der Waals surface area contributed by atoms with Gasteiger partial charge in [0.25, 0.3) is 5.91 Å². The van der Waals surface area contributed by atoms with Crippen molar-refractivity contribution in [1.82, 2.24) is 5.32 Å². The van der Waals surface area contributed by atoms with E-state index in [4.69, 9.17) is 9.84 Å². The molecule has 0 saturated carbocycles. The number of hydrogen-bond donors (Lipinski definition) is 2. The van der Waals surface area contributed by atoms with Gasteiger partial charge in [0, 0.05) is 19.6 Å². The van der Waals surface area contributed by atoms with Crippen LogP contribution in [0.15, 0.2) is 6.07 Å². The molecule has 0 aliphatic carbocycles. The van der Waals surface area contributed by atoms with Crippen molar-refractivity contribution in [3.8, 4) is 11.8 Å². The van der Waals surface area contributed by atoms with Gasteiger partial charge in [0.1, 0.15) is 0 Å². The van der Waals surface area contributed by atoms with Crippen molar-refractivity contribution in [2.75, 3.05) is 26.4 Å². The topological polar surface area (TPSA) is 58.6 Å². The van der Waals surface area contributed by atoms with Crippen molar-refractivity contribution < 1.29 is 14.6 Å². The van der Waals surface area contributed by atoms with E-state index in [2.05, 4.69) is 17.2 Å². The Morgan fingerprint density at radius 3 is 3.19 bits per heavy atom. The van der Waals surface area contributed by atoms with Crippen molar-refractivity contribution in [2.24, 2.45) is 5.92 Å². The normalized spacial score (nSPS) is 17.9. The van der Waals surface area contributed by atoms with E-state index in [1.165, 1.54) is 11.3 Å². The third-order valence-corrected chi connectivity index (χ3v) is 4.54. The molecule has 1 unspecified atom stereocenters. The molecule has 1 saturated heterocycles. The number of aliphatic hydroxyl groups excluding tert-OH is 1. The fraction of sp³-hybridized carbons (Fsp3) is 0.562. The molecule has 1 aliphatic heterocycles. The zero-order valence-corrected chi connectivity index (χ0v) is 13.1. The average molecular weight is 307 g/mol. The van der Waals surface area contributed by atoms with Crippen LogP contribution in [0.2, 0.25) is 0 Å². The molecule has 4 nitrogen and oxygen atoms in total. The van der Waals surface area contributed by atoms with Gasteiger partial charge in [-0.05, 0) is 37.3 Å². The highest BCUT2D eigenvalue weighted by Crippen LogP contribution is 2.21. The van der Waals surface area contributed by atoms with Crippen LogP contribution in [0.5, 0.6) is 0 Å². The van der Waals surface area contributed by atoms with Crippen LogP contribution in [0.1, 0.15) is 39.4 Å². The van der Waals surface area contributed by atoms with E-state index < -0.39 is 0 Å². The monoisotopic (exact) mass is 307 g/mol. The second-order valence-electron chi connectivity index (χ2n) is 5.19. The lowest BCUT2D eigenvalue weighted by molar-refractivity contribution is 0.0536. The molecule has 0 radical (unpaired) electrons. The summed E-state index contributed by atoms with van der Waals surface area (Å²) >= 11 is 1.41.